The van der Waals surface area contributed by atoms with E-state index in [9.17, 15) is 9.59 Å². The Labute approximate surface area is 169 Å². The van der Waals surface area contributed by atoms with Gasteiger partial charge in [0.15, 0.2) is 0 Å². The van der Waals surface area contributed by atoms with E-state index in [4.69, 9.17) is 11.6 Å². The highest BCUT2D eigenvalue weighted by atomic mass is 35.5. The number of thioether (sulfide) groups is 1. The Kier molecular flexibility index (Phi) is 5.78. The van der Waals surface area contributed by atoms with Crippen LogP contribution in [0.3, 0.4) is 0 Å². The molecule has 2 aromatic carbocycles. The molecule has 5 heteroatoms. The molecule has 0 N–H and O–H groups in total. The fourth-order valence-electron chi connectivity index (χ4n) is 3.13. The molecule has 0 radical (unpaired) electrons. The number of carbonyl (C=O) groups excluding carboxylic acids is 2. The van der Waals surface area contributed by atoms with Gasteiger partial charge < -0.3 is 0 Å². The maximum Gasteiger partial charge on any atom is 0.268 e. The fraction of sp³-hybridized carbons (Fsp3) is 0.273. The Bertz CT molecular complexity index is 932. The molecule has 140 valence electrons. The molecule has 0 unspecified atom stereocenters. The van der Waals surface area contributed by atoms with Crippen LogP contribution in [0.15, 0.2) is 52.3 Å². The summed E-state index contributed by atoms with van der Waals surface area (Å²) in [7, 11) is 0. The molecule has 1 heterocycles. The second-order valence-corrected chi connectivity index (χ2v) is 8.71. The summed E-state index contributed by atoms with van der Waals surface area (Å²) in [4.78, 5) is 29.0. The number of nitrogens with zero attached hydrogens (tertiary/aromatic N) is 1. The molecule has 0 aromatic heterocycles. The van der Waals surface area contributed by atoms with Gasteiger partial charge in [-0.25, -0.2) is 0 Å². The Balaban J connectivity index is 2.10. The average Bonchev–Trinajstić information content (AvgIpc) is 2.81. The molecule has 0 saturated carbocycles. The van der Waals surface area contributed by atoms with Crippen LogP contribution >= 0.6 is 23.4 Å². The van der Waals surface area contributed by atoms with Crippen LogP contribution in [-0.2, 0) is 9.59 Å². The molecule has 0 aliphatic carbocycles. The number of hydrogen-bond acceptors (Lipinski definition) is 3. The molecule has 1 aliphatic rings. The van der Waals surface area contributed by atoms with Gasteiger partial charge in [-0.2, -0.15) is 0 Å². The van der Waals surface area contributed by atoms with Crippen LogP contribution < -0.4 is 0 Å². The molecule has 0 saturated heterocycles. The minimum atomic E-state index is -0.219. The van der Waals surface area contributed by atoms with Gasteiger partial charge in [0, 0.05) is 16.5 Å². The van der Waals surface area contributed by atoms with E-state index in [1.807, 2.05) is 58.0 Å². The van der Waals surface area contributed by atoms with E-state index in [-0.39, 0.29) is 17.7 Å². The van der Waals surface area contributed by atoms with Crippen molar-refractivity contribution in [2.45, 2.75) is 32.6 Å². The molecule has 3 rings (SSSR count). The normalized spacial score (nSPS) is 14.7. The number of halogens is 1. The Morgan fingerprint density at radius 3 is 2.26 bits per heavy atom. The number of rotatable bonds is 5. The van der Waals surface area contributed by atoms with Gasteiger partial charge in [0.2, 0.25) is 0 Å². The van der Waals surface area contributed by atoms with Gasteiger partial charge in [0.1, 0.15) is 0 Å². The van der Waals surface area contributed by atoms with E-state index < -0.39 is 0 Å². The van der Waals surface area contributed by atoms with Gasteiger partial charge in [-0.05, 0) is 55.2 Å². The third kappa shape index (κ3) is 4.12. The van der Waals surface area contributed by atoms with Crippen molar-refractivity contribution in [1.82, 2.24) is 4.90 Å². The second-order valence-electron chi connectivity index (χ2n) is 7.19. The largest absolute Gasteiger partial charge is 0.274 e. The van der Waals surface area contributed by atoms with E-state index in [1.165, 1.54) is 16.7 Å². The van der Waals surface area contributed by atoms with Gasteiger partial charge in [-0.15, -0.1) is 0 Å². The summed E-state index contributed by atoms with van der Waals surface area (Å²) in [6.45, 7) is 8.41. The van der Waals surface area contributed by atoms with Gasteiger partial charge in [0.25, 0.3) is 11.8 Å². The highest BCUT2D eigenvalue weighted by Gasteiger charge is 2.40. The number of imide groups is 1. The van der Waals surface area contributed by atoms with Crippen LogP contribution in [0, 0.1) is 19.8 Å². The zero-order valence-corrected chi connectivity index (χ0v) is 17.4. The highest BCUT2D eigenvalue weighted by Crippen LogP contribution is 2.41. The zero-order valence-electron chi connectivity index (χ0n) is 15.9. The summed E-state index contributed by atoms with van der Waals surface area (Å²) in [5, 5.41) is 0.637. The summed E-state index contributed by atoms with van der Waals surface area (Å²) in [5.41, 5.74) is 3.44. The van der Waals surface area contributed by atoms with Gasteiger partial charge in [0.05, 0.1) is 10.5 Å². The molecule has 0 fully saturated rings. The molecule has 27 heavy (non-hydrogen) atoms. The van der Waals surface area contributed by atoms with Crippen molar-refractivity contribution in [1.29, 1.82) is 0 Å². The van der Waals surface area contributed by atoms with Crippen LogP contribution in [0.4, 0.5) is 0 Å². The fourth-order valence-corrected chi connectivity index (χ4v) is 4.26. The predicted molar refractivity (Wildman–Crippen MR) is 112 cm³/mol. The first-order chi connectivity index (χ1) is 12.8. The lowest BCUT2D eigenvalue weighted by molar-refractivity contribution is -0.137. The SMILES string of the molecule is Cc1ccc(C2=C(Sc3ccc(Cl)cc3)C(=O)N(CC(C)C)C2=O)c(C)c1. The highest BCUT2D eigenvalue weighted by molar-refractivity contribution is 8.04. The standard InChI is InChI=1S/C22H22ClNO2S/c1-13(2)12-24-21(25)19(18-10-5-14(3)11-15(18)4)20(22(24)26)27-17-8-6-16(23)7-9-17/h5-11,13H,12H2,1-4H3. The van der Waals surface area contributed by atoms with E-state index in [2.05, 4.69) is 0 Å². The lowest BCUT2D eigenvalue weighted by Crippen LogP contribution is -2.34. The molecule has 3 nitrogen and oxygen atoms in total. The monoisotopic (exact) mass is 399 g/mol. The third-order valence-corrected chi connectivity index (χ3v) is 5.70. The van der Waals surface area contributed by atoms with E-state index >= 15 is 0 Å². The first kappa shape index (κ1) is 19.7. The van der Waals surface area contributed by atoms with Crippen LogP contribution in [0.1, 0.15) is 30.5 Å². The molecule has 0 bridgehead atoms. The van der Waals surface area contributed by atoms with E-state index in [1.54, 1.807) is 12.1 Å². The Hall–Kier alpha value is -2.04. The number of hydrogen-bond donors (Lipinski definition) is 0. The topological polar surface area (TPSA) is 37.4 Å². The zero-order chi connectivity index (χ0) is 19.7. The lowest BCUT2D eigenvalue weighted by atomic mass is 9.98. The number of carbonyl (C=O) groups is 2. The Morgan fingerprint density at radius 1 is 1.00 bits per heavy atom. The second kappa shape index (κ2) is 7.91. The van der Waals surface area contributed by atoms with Crippen molar-refractivity contribution >= 4 is 40.8 Å². The first-order valence-electron chi connectivity index (χ1n) is 8.89. The smallest absolute Gasteiger partial charge is 0.268 e. The lowest BCUT2D eigenvalue weighted by Gasteiger charge is -2.17. The quantitative estimate of drug-likeness (QED) is 0.624. The van der Waals surface area contributed by atoms with Crippen LogP contribution in [0.25, 0.3) is 5.57 Å². The number of benzene rings is 2. The maximum atomic E-state index is 13.2. The summed E-state index contributed by atoms with van der Waals surface area (Å²) >= 11 is 7.30. The van der Waals surface area contributed by atoms with Crippen molar-refractivity contribution in [3.05, 3.63) is 69.1 Å². The maximum absolute atomic E-state index is 13.2. The van der Waals surface area contributed by atoms with E-state index in [0.717, 1.165) is 21.6 Å². The summed E-state index contributed by atoms with van der Waals surface area (Å²) in [5.74, 6) is -0.223. The number of aryl methyl sites for hydroxylation is 2. The molecule has 0 atom stereocenters. The van der Waals surface area contributed by atoms with Crippen molar-refractivity contribution in [3.63, 3.8) is 0 Å². The van der Waals surface area contributed by atoms with Gasteiger partial charge in [-0.1, -0.05) is 61.0 Å². The summed E-state index contributed by atoms with van der Waals surface area (Å²) in [6, 6.07) is 13.2. The first-order valence-corrected chi connectivity index (χ1v) is 10.1. The van der Waals surface area contributed by atoms with Crippen LogP contribution in [0.5, 0.6) is 0 Å². The van der Waals surface area contributed by atoms with Crippen molar-refractivity contribution in [3.8, 4) is 0 Å². The molecule has 0 spiro atoms. The molecule has 1 aliphatic heterocycles. The molecule has 2 aromatic rings. The minimum absolute atomic E-state index is 0.207. The third-order valence-electron chi connectivity index (χ3n) is 4.36. The van der Waals surface area contributed by atoms with Crippen molar-refractivity contribution in [2.24, 2.45) is 5.92 Å². The predicted octanol–water partition coefficient (Wildman–Crippen LogP) is 5.49. The number of amides is 2. The minimum Gasteiger partial charge on any atom is -0.274 e. The van der Waals surface area contributed by atoms with E-state index in [0.29, 0.717) is 22.0 Å². The van der Waals surface area contributed by atoms with Crippen molar-refractivity contribution < 1.29 is 9.59 Å². The molecule has 2 amide bonds. The summed E-state index contributed by atoms with van der Waals surface area (Å²) < 4.78 is 0. The van der Waals surface area contributed by atoms with Gasteiger partial charge in [-0.3, -0.25) is 14.5 Å². The Morgan fingerprint density at radius 2 is 1.67 bits per heavy atom. The van der Waals surface area contributed by atoms with Gasteiger partial charge >= 0.3 is 0 Å². The summed E-state index contributed by atoms with van der Waals surface area (Å²) in [6.07, 6.45) is 0. The van der Waals surface area contributed by atoms with Crippen molar-refractivity contribution in [2.75, 3.05) is 6.54 Å². The molecular weight excluding hydrogens is 378 g/mol. The molecular formula is C22H22ClNO2S. The van der Waals surface area contributed by atoms with Crippen LogP contribution in [-0.4, -0.2) is 23.3 Å². The average molecular weight is 400 g/mol. The van der Waals surface area contributed by atoms with Crippen LogP contribution in [0.2, 0.25) is 5.02 Å².